The summed E-state index contributed by atoms with van der Waals surface area (Å²) in [6, 6.07) is 17.4. The van der Waals surface area contributed by atoms with Crippen molar-refractivity contribution in [1.29, 1.82) is 0 Å². The van der Waals surface area contributed by atoms with E-state index in [2.05, 4.69) is 0 Å². The monoisotopic (exact) mass is 442 g/mol. The van der Waals surface area contributed by atoms with Crippen molar-refractivity contribution in [2.45, 2.75) is 12.6 Å². The van der Waals surface area contributed by atoms with Gasteiger partial charge in [0.2, 0.25) is 0 Å². The Hall–Kier alpha value is -3.74. The first-order valence-corrected chi connectivity index (χ1v) is 9.72. The fraction of sp³-hybridized carbons (Fsp3) is 0.160. The molecule has 0 aliphatic heterocycles. The Labute approximate surface area is 183 Å². The molecule has 0 amide bonds. The molecular formula is C25H21F3O4. The van der Waals surface area contributed by atoms with E-state index in [1.807, 2.05) is 18.2 Å². The zero-order chi connectivity index (χ0) is 23.1. The molecule has 0 unspecified atom stereocenters. The van der Waals surface area contributed by atoms with Gasteiger partial charge < -0.3 is 14.6 Å². The van der Waals surface area contributed by atoms with Gasteiger partial charge in [-0.15, -0.1) is 0 Å². The number of hydrogen-bond donors (Lipinski definition) is 1. The first kappa shape index (κ1) is 22.9. The number of hydrogen-bond acceptors (Lipinski definition) is 3. The lowest BCUT2D eigenvalue weighted by Gasteiger charge is -2.12. The molecule has 0 heterocycles. The smallest absolute Gasteiger partial charge is 0.416 e. The minimum absolute atomic E-state index is 0.0953. The predicted molar refractivity (Wildman–Crippen MR) is 116 cm³/mol. The standard InChI is InChI=1S/C25H21F3O4/c1-31-23-12-9-18(15-24(29)30)14-22(23)19-5-2-6-21(16-19)32-13-3-4-17-7-10-20(11-8-17)25(26,27)28/h2-12,14,16H,13,15H2,1H3,(H,29,30)/b4-3+. The highest BCUT2D eigenvalue weighted by molar-refractivity contribution is 5.75. The molecule has 3 rings (SSSR count). The van der Waals surface area contributed by atoms with Crippen molar-refractivity contribution >= 4 is 12.0 Å². The second-order valence-corrected chi connectivity index (χ2v) is 6.97. The summed E-state index contributed by atoms with van der Waals surface area (Å²) in [6.45, 7) is 0.223. The lowest BCUT2D eigenvalue weighted by atomic mass is 10.0. The van der Waals surface area contributed by atoms with E-state index in [4.69, 9.17) is 14.6 Å². The van der Waals surface area contributed by atoms with Crippen molar-refractivity contribution in [3.8, 4) is 22.6 Å². The van der Waals surface area contributed by atoms with Crippen LogP contribution in [0.1, 0.15) is 16.7 Å². The van der Waals surface area contributed by atoms with Gasteiger partial charge >= 0.3 is 12.1 Å². The first-order chi connectivity index (χ1) is 15.3. The van der Waals surface area contributed by atoms with Gasteiger partial charge in [-0.2, -0.15) is 13.2 Å². The molecule has 0 saturated heterocycles. The van der Waals surface area contributed by atoms with Gasteiger partial charge in [0.05, 0.1) is 19.1 Å². The number of aliphatic carboxylic acids is 1. The number of ether oxygens (including phenoxy) is 2. The highest BCUT2D eigenvalue weighted by atomic mass is 19.4. The maximum atomic E-state index is 12.6. The highest BCUT2D eigenvalue weighted by Gasteiger charge is 2.29. The summed E-state index contributed by atoms with van der Waals surface area (Å²) in [4.78, 5) is 11.0. The number of benzene rings is 3. The zero-order valence-corrected chi connectivity index (χ0v) is 17.2. The fourth-order valence-electron chi connectivity index (χ4n) is 3.13. The molecular weight excluding hydrogens is 421 g/mol. The van der Waals surface area contributed by atoms with Crippen LogP contribution in [0.15, 0.2) is 72.8 Å². The Morgan fingerprint density at radius 2 is 1.78 bits per heavy atom. The number of carboxylic acid groups (broad SMARTS) is 1. The van der Waals surface area contributed by atoms with Gasteiger partial charge in [-0.25, -0.2) is 0 Å². The predicted octanol–water partition coefficient (Wildman–Crippen LogP) is 6.10. The van der Waals surface area contributed by atoms with Crippen molar-refractivity contribution in [2.24, 2.45) is 0 Å². The Bertz CT molecular complexity index is 1100. The van der Waals surface area contributed by atoms with Crippen molar-refractivity contribution in [3.63, 3.8) is 0 Å². The largest absolute Gasteiger partial charge is 0.496 e. The van der Waals surface area contributed by atoms with Crippen molar-refractivity contribution in [3.05, 3.63) is 89.5 Å². The lowest BCUT2D eigenvalue weighted by Crippen LogP contribution is -2.03. The molecule has 32 heavy (non-hydrogen) atoms. The maximum Gasteiger partial charge on any atom is 0.416 e. The van der Waals surface area contributed by atoms with Crippen LogP contribution < -0.4 is 9.47 Å². The van der Waals surface area contributed by atoms with Crippen LogP contribution in [0.25, 0.3) is 17.2 Å². The summed E-state index contributed by atoms with van der Waals surface area (Å²) in [6.07, 6.45) is -1.06. The number of halogens is 3. The van der Waals surface area contributed by atoms with Crippen LogP contribution >= 0.6 is 0 Å². The molecule has 0 bridgehead atoms. The van der Waals surface area contributed by atoms with Gasteiger partial charge in [0.15, 0.2) is 0 Å². The maximum absolute atomic E-state index is 12.6. The molecule has 0 saturated carbocycles. The van der Waals surface area contributed by atoms with Crippen molar-refractivity contribution in [1.82, 2.24) is 0 Å². The molecule has 0 spiro atoms. The van der Waals surface area contributed by atoms with Gasteiger partial charge in [-0.05, 0) is 59.2 Å². The molecule has 0 radical (unpaired) electrons. The van der Waals surface area contributed by atoms with Gasteiger partial charge in [0.25, 0.3) is 0 Å². The van der Waals surface area contributed by atoms with Crippen LogP contribution in [0.5, 0.6) is 11.5 Å². The second-order valence-electron chi connectivity index (χ2n) is 6.97. The van der Waals surface area contributed by atoms with E-state index < -0.39 is 17.7 Å². The van der Waals surface area contributed by atoms with Gasteiger partial charge in [0, 0.05) is 5.56 Å². The Morgan fingerprint density at radius 3 is 2.44 bits per heavy atom. The Morgan fingerprint density at radius 1 is 1.03 bits per heavy atom. The summed E-state index contributed by atoms with van der Waals surface area (Å²) in [5.41, 5.74) is 2.15. The second kappa shape index (κ2) is 10.0. The van der Waals surface area contributed by atoms with Crippen LogP contribution in [0.2, 0.25) is 0 Å². The van der Waals surface area contributed by atoms with Crippen LogP contribution in [-0.2, 0) is 17.4 Å². The minimum Gasteiger partial charge on any atom is -0.496 e. The average molecular weight is 442 g/mol. The summed E-state index contributed by atoms with van der Waals surface area (Å²) < 4.78 is 49.0. The van der Waals surface area contributed by atoms with E-state index >= 15 is 0 Å². The third kappa shape index (κ3) is 6.14. The molecule has 0 aliphatic carbocycles. The molecule has 7 heteroatoms. The van der Waals surface area contributed by atoms with E-state index in [1.165, 1.54) is 12.1 Å². The molecule has 0 aliphatic rings. The molecule has 166 valence electrons. The minimum atomic E-state index is -4.35. The first-order valence-electron chi connectivity index (χ1n) is 9.72. The number of carboxylic acids is 1. The quantitative estimate of drug-likeness (QED) is 0.458. The molecule has 0 atom stereocenters. The van der Waals surface area contributed by atoms with Gasteiger partial charge in [-0.1, -0.05) is 36.4 Å². The molecule has 1 N–H and O–H groups in total. The van der Waals surface area contributed by atoms with Crippen molar-refractivity contribution < 1.29 is 32.5 Å². The summed E-state index contributed by atoms with van der Waals surface area (Å²) in [7, 11) is 1.54. The highest BCUT2D eigenvalue weighted by Crippen LogP contribution is 2.33. The average Bonchev–Trinajstić information content (AvgIpc) is 2.76. The third-order valence-electron chi connectivity index (χ3n) is 4.66. The van der Waals surface area contributed by atoms with Crippen LogP contribution in [0, 0.1) is 0 Å². The SMILES string of the molecule is COc1ccc(CC(=O)O)cc1-c1cccc(OC/C=C/c2ccc(C(F)(F)F)cc2)c1. The van der Waals surface area contributed by atoms with E-state index in [0.717, 1.165) is 23.3 Å². The number of alkyl halides is 3. The number of rotatable bonds is 8. The third-order valence-corrected chi connectivity index (χ3v) is 4.66. The van der Waals surface area contributed by atoms with E-state index in [-0.39, 0.29) is 13.0 Å². The normalized spacial score (nSPS) is 11.5. The fourth-order valence-corrected chi connectivity index (χ4v) is 3.13. The molecule has 0 fully saturated rings. The molecule has 3 aromatic carbocycles. The van der Waals surface area contributed by atoms with E-state index in [9.17, 15) is 18.0 Å². The van der Waals surface area contributed by atoms with Crippen LogP contribution in [-0.4, -0.2) is 24.8 Å². The molecule has 0 aromatic heterocycles. The molecule has 3 aromatic rings. The summed E-state index contributed by atoms with van der Waals surface area (Å²) in [5, 5.41) is 9.04. The Kier molecular flexibility index (Phi) is 7.20. The van der Waals surface area contributed by atoms with Crippen LogP contribution in [0.4, 0.5) is 13.2 Å². The van der Waals surface area contributed by atoms with Crippen molar-refractivity contribution in [2.75, 3.05) is 13.7 Å². The number of carbonyl (C=O) groups is 1. The Balaban J connectivity index is 1.69. The van der Waals surface area contributed by atoms with Gasteiger partial charge in [-0.3, -0.25) is 4.79 Å². The number of methoxy groups -OCH3 is 1. The molecule has 4 nitrogen and oxygen atoms in total. The van der Waals surface area contributed by atoms with E-state index in [0.29, 0.717) is 22.6 Å². The summed E-state index contributed by atoms with van der Waals surface area (Å²) >= 11 is 0. The van der Waals surface area contributed by atoms with E-state index in [1.54, 1.807) is 43.5 Å². The topological polar surface area (TPSA) is 55.8 Å². The van der Waals surface area contributed by atoms with Gasteiger partial charge in [0.1, 0.15) is 18.1 Å². The summed E-state index contributed by atoms with van der Waals surface area (Å²) in [5.74, 6) is 0.279. The zero-order valence-electron chi connectivity index (χ0n) is 17.2. The lowest BCUT2D eigenvalue weighted by molar-refractivity contribution is -0.138. The van der Waals surface area contributed by atoms with Crippen LogP contribution in [0.3, 0.4) is 0 Å².